The maximum Gasteiger partial charge on any atom is 0.243 e. The Kier molecular flexibility index (Phi) is 7.38. The summed E-state index contributed by atoms with van der Waals surface area (Å²) in [7, 11) is -3.62. The van der Waals surface area contributed by atoms with Gasteiger partial charge in [-0.25, -0.2) is 12.8 Å². The lowest BCUT2D eigenvalue weighted by atomic mass is 10.0. The number of nitrogens with one attached hydrogen (secondary N) is 1. The Hall–Kier alpha value is -3.82. The van der Waals surface area contributed by atoms with Crippen LogP contribution in [0.15, 0.2) is 76.0 Å². The number of hydrogen-bond donors (Lipinski definition) is 1. The van der Waals surface area contributed by atoms with Crippen molar-refractivity contribution in [3.05, 3.63) is 95.0 Å². The van der Waals surface area contributed by atoms with Crippen molar-refractivity contribution < 1.29 is 26.8 Å². The van der Waals surface area contributed by atoms with E-state index in [4.69, 9.17) is 4.42 Å². The van der Waals surface area contributed by atoms with Crippen LogP contribution >= 0.6 is 0 Å². The topological polar surface area (TPSA) is 96.7 Å². The van der Waals surface area contributed by atoms with Crippen molar-refractivity contribution >= 4 is 38.2 Å². The van der Waals surface area contributed by atoms with Gasteiger partial charge in [0.05, 0.1) is 17.1 Å². The molecule has 0 aliphatic carbocycles. The number of Topliss-reactive ketones (excluding diaryl/α,β-unsaturated/α-hetero) is 1. The predicted octanol–water partition coefficient (Wildman–Crippen LogP) is 5.83. The second-order valence-corrected chi connectivity index (χ2v) is 11.9. The van der Waals surface area contributed by atoms with E-state index in [1.165, 1.54) is 46.8 Å². The molecule has 202 valence electrons. The quantitative estimate of drug-likeness (QED) is 0.279. The van der Waals surface area contributed by atoms with Crippen LogP contribution in [0.4, 0.5) is 10.1 Å². The van der Waals surface area contributed by atoms with Gasteiger partial charge in [0, 0.05) is 29.6 Å². The van der Waals surface area contributed by atoms with Crippen molar-refractivity contribution in [1.29, 1.82) is 0 Å². The van der Waals surface area contributed by atoms with E-state index in [0.717, 1.165) is 12.8 Å². The summed E-state index contributed by atoms with van der Waals surface area (Å²) in [5.41, 5.74) is 1.67. The molecule has 9 heteroatoms. The molecule has 1 aromatic heterocycles. The summed E-state index contributed by atoms with van der Waals surface area (Å²) in [6, 6.07) is 17.1. The van der Waals surface area contributed by atoms with Gasteiger partial charge in [-0.1, -0.05) is 31.2 Å². The van der Waals surface area contributed by atoms with Gasteiger partial charge < -0.3 is 9.73 Å². The monoisotopic (exact) mass is 548 g/mol. The summed E-state index contributed by atoms with van der Waals surface area (Å²) in [5, 5.41) is 3.64. The van der Waals surface area contributed by atoms with Crippen molar-refractivity contribution in [2.24, 2.45) is 5.92 Å². The molecule has 2 heterocycles. The number of carbonyl (C=O) groups excluding carboxylic acids is 2. The maximum absolute atomic E-state index is 14.1. The Morgan fingerprint density at radius 3 is 2.36 bits per heavy atom. The number of aryl methyl sites for hydroxylation is 1. The highest BCUT2D eigenvalue weighted by molar-refractivity contribution is 7.89. The van der Waals surface area contributed by atoms with E-state index < -0.39 is 21.6 Å². The van der Waals surface area contributed by atoms with Crippen molar-refractivity contribution in [3.8, 4) is 0 Å². The minimum absolute atomic E-state index is 0.0236. The first-order valence-corrected chi connectivity index (χ1v) is 14.3. The van der Waals surface area contributed by atoms with E-state index in [2.05, 4.69) is 12.2 Å². The van der Waals surface area contributed by atoms with Crippen molar-refractivity contribution in [2.75, 3.05) is 25.0 Å². The molecule has 0 amide bonds. The molecule has 1 fully saturated rings. The Bertz CT molecular complexity index is 1650. The lowest BCUT2D eigenvalue weighted by Gasteiger charge is -2.29. The molecule has 0 saturated carbocycles. The lowest BCUT2D eigenvalue weighted by Crippen LogP contribution is -2.37. The van der Waals surface area contributed by atoms with Gasteiger partial charge >= 0.3 is 0 Å². The molecule has 0 spiro atoms. The summed E-state index contributed by atoms with van der Waals surface area (Å²) in [4.78, 5) is 26.4. The van der Waals surface area contributed by atoms with Gasteiger partial charge in [-0.05, 0) is 73.7 Å². The van der Waals surface area contributed by atoms with Crippen LogP contribution in [-0.2, 0) is 10.0 Å². The first-order valence-electron chi connectivity index (χ1n) is 12.8. The minimum Gasteiger partial charge on any atom is -0.450 e. The molecule has 0 atom stereocenters. The summed E-state index contributed by atoms with van der Waals surface area (Å²) in [5.74, 6) is -0.825. The molecule has 1 saturated heterocycles. The van der Waals surface area contributed by atoms with E-state index in [-0.39, 0.29) is 28.5 Å². The van der Waals surface area contributed by atoms with Crippen molar-refractivity contribution in [3.63, 3.8) is 0 Å². The molecule has 1 aliphatic rings. The number of ketones is 2. The van der Waals surface area contributed by atoms with E-state index in [1.54, 1.807) is 31.2 Å². The van der Waals surface area contributed by atoms with Gasteiger partial charge in [-0.3, -0.25) is 9.59 Å². The molecular formula is C30H29FN2O5S. The number of carbonyl (C=O) groups is 2. The maximum atomic E-state index is 14.1. The van der Waals surface area contributed by atoms with E-state index in [1.807, 2.05) is 0 Å². The predicted molar refractivity (Wildman–Crippen MR) is 147 cm³/mol. The number of halogens is 1. The highest BCUT2D eigenvalue weighted by atomic mass is 32.2. The Morgan fingerprint density at radius 1 is 1.00 bits per heavy atom. The third-order valence-corrected chi connectivity index (χ3v) is 9.13. The molecule has 1 N–H and O–H groups in total. The van der Waals surface area contributed by atoms with Gasteiger partial charge in [0.15, 0.2) is 11.5 Å². The van der Waals surface area contributed by atoms with Crippen LogP contribution in [0.3, 0.4) is 0 Å². The lowest BCUT2D eigenvalue weighted by molar-refractivity contribution is 0.0997. The average molecular weight is 549 g/mol. The SMILES string of the molecule is Cc1ccc(C(=O)c2oc3ccccc3c2NCC(=O)c2ccc(S(=O)(=O)N3CCC(C)CC3)cc2)cc1F. The zero-order valence-corrected chi connectivity index (χ0v) is 22.6. The number of furan rings is 1. The fraction of sp³-hybridized carbons (Fsp3) is 0.267. The molecule has 1 aliphatic heterocycles. The third kappa shape index (κ3) is 5.37. The molecule has 7 nitrogen and oxygen atoms in total. The van der Waals surface area contributed by atoms with Crippen LogP contribution in [0.2, 0.25) is 0 Å². The molecule has 0 unspecified atom stereocenters. The average Bonchev–Trinajstić information content (AvgIpc) is 3.31. The molecule has 0 radical (unpaired) electrons. The van der Waals surface area contributed by atoms with Crippen LogP contribution < -0.4 is 5.32 Å². The highest BCUT2D eigenvalue weighted by Gasteiger charge is 2.28. The number of benzene rings is 3. The molecule has 4 aromatic rings. The van der Waals surface area contributed by atoms with E-state index >= 15 is 0 Å². The fourth-order valence-electron chi connectivity index (χ4n) is 4.70. The van der Waals surface area contributed by atoms with Gasteiger partial charge in [-0.2, -0.15) is 4.31 Å². The number of fused-ring (bicyclic) bond motifs is 1. The molecule has 3 aromatic carbocycles. The van der Waals surface area contributed by atoms with Gasteiger partial charge in [-0.15, -0.1) is 0 Å². The van der Waals surface area contributed by atoms with Gasteiger partial charge in [0.25, 0.3) is 0 Å². The number of para-hydroxylation sites is 1. The fourth-order valence-corrected chi connectivity index (χ4v) is 6.17. The molecular weight excluding hydrogens is 519 g/mol. The molecule has 39 heavy (non-hydrogen) atoms. The third-order valence-electron chi connectivity index (χ3n) is 7.22. The normalized spacial score (nSPS) is 14.9. The number of nitrogens with zero attached hydrogens (tertiary/aromatic N) is 1. The number of sulfonamides is 1. The standard InChI is InChI=1S/C30H29FN2O5S/c1-19-13-15-33(16-14-19)39(36,37)23-11-9-21(10-12-23)26(34)18-32-28-24-5-3-4-6-27(24)38-30(28)29(35)22-8-7-20(2)25(31)17-22/h3-12,17,19,32H,13-16,18H2,1-2H3. The van der Waals surface area contributed by atoms with E-state index in [0.29, 0.717) is 46.8 Å². The van der Waals surface area contributed by atoms with Crippen molar-refractivity contribution in [1.82, 2.24) is 4.31 Å². The van der Waals surface area contributed by atoms with Crippen LogP contribution in [-0.4, -0.2) is 43.9 Å². The Morgan fingerprint density at radius 2 is 1.67 bits per heavy atom. The van der Waals surface area contributed by atoms with Crippen molar-refractivity contribution in [2.45, 2.75) is 31.6 Å². The summed E-state index contributed by atoms with van der Waals surface area (Å²) in [6.45, 7) is 4.54. The highest BCUT2D eigenvalue weighted by Crippen LogP contribution is 2.33. The zero-order chi connectivity index (χ0) is 27.7. The molecule has 5 rings (SSSR count). The van der Waals surface area contributed by atoms with Crippen LogP contribution in [0, 0.1) is 18.7 Å². The van der Waals surface area contributed by atoms with Crippen LogP contribution in [0.25, 0.3) is 11.0 Å². The first-order chi connectivity index (χ1) is 18.6. The van der Waals surface area contributed by atoms with Crippen LogP contribution in [0.1, 0.15) is 51.8 Å². The first kappa shape index (κ1) is 26.8. The number of hydrogen-bond acceptors (Lipinski definition) is 6. The Labute approximate surface area is 226 Å². The van der Waals surface area contributed by atoms with Gasteiger partial charge in [0.1, 0.15) is 11.4 Å². The minimum atomic E-state index is -3.62. The number of rotatable bonds is 8. The van der Waals surface area contributed by atoms with E-state index in [9.17, 15) is 22.4 Å². The second kappa shape index (κ2) is 10.7. The largest absolute Gasteiger partial charge is 0.450 e. The zero-order valence-electron chi connectivity index (χ0n) is 21.7. The number of anilines is 1. The Balaban J connectivity index is 1.35. The number of piperidine rings is 1. The smallest absolute Gasteiger partial charge is 0.243 e. The molecule has 0 bridgehead atoms. The summed E-state index contributed by atoms with van der Waals surface area (Å²) < 4.78 is 47.5. The summed E-state index contributed by atoms with van der Waals surface area (Å²) >= 11 is 0. The summed E-state index contributed by atoms with van der Waals surface area (Å²) in [6.07, 6.45) is 1.65. The second-order valence-electron chi connectivity index (χ2n) is 9.98. The van der Waals surface area contributed by atoms with Crippen LogP contribution in [0.5, 0.6) is 0 Å². The van der Waals surface area contributed by atoms with Gasteiger partial charge in [0.2, 0.25) is 15.8 Å².